The zero-order valence-corrected chi connectivity index (χ0v) is 12.0. The van der Waals surface area contributed by atoms with Gasteiger partial charge in [-0.2, -0.15) is 5.26 Å². The maximum Gasteiger partial charge on any atom is 0.237 e. The molecule has 0 fully saturated rings. The Kier molecular flexibility index (Phi) is 4.87. The Balaban J connectivity index is 3.05. The number of nitrogens with zero attached hydrogens (tertiary/aromatic N) is 2. The van der Waals surface area contributed by atoms with Gasteiger partial charge < -0.3 is 10.6 Å². The fourth-order valence-corrected chi connectivity index (χ4v) is 1.83. The first kappa shape index (κ1) is 15.7. The van der Waals surface area contributed by atoms with Crippen molar-refractivity contribution < 1.29 is 9.59 Å². The molecule has 0 heterocycles. The van der Waals surface area contributed by atoms with E-state index >= 15 is 0 Å². The van der Waals surface area contributed by atoms with E-state index in [1.54, 1.807) is 45.0 Å². The second-order valence-electron chi connectivity index (χ2n) is 5.65. The van der Waals surface area contributed by atoms with Crippen LogP contribution >= 0.6 is 0 Å². The van der Waals surface area contributed by atoms with Gasteiger partial charge in [0.15, 0.2) is 0 Å². The van der Waals surface area contributed by atoms with Crippen LogP contribution < -0.4 is 5.73 Å². The van der Waals surface area contributed by atoms with Crippen molar-refractivity contribution in [3.8, 4) is 6.07 Å². The summed E-state index contributed by atoms with van der Waals surface area (Å²) in [6.07, 6.45) is 0. The quantitative estimate of drug-likeness (QED) is 0.899. The van der Waals surface area contributed by atoms with E-state index in [0.29, 0.717) is 11.1 Å². The zero-order chi connectivity index (χ0) is 15.3. The molecular formula is C15H19N3O2. The van der Waals surface area contributed by atoms with Gasteiger partial charge >= 0.3 is 0 Å². The van der Waals surface area contributed by atoms with Gasteiger partial charge in [-0.25, -0.2) is 0 Å². The summed E-state index contributed by atoms with van der Waals surface area (Å²) in [5, 5.41) is 9.07. The van der Waals surface area contributed by atoms with Gasteiger partial charge in [0, 0.05) is 12.0 Å². The van der Waals surface area contributed by atoms with Gasteiger partial charge in [-0.1, -0.05) is 39.0 Å². The van der Waals surface area contributed by atoms with Crippen LogP contribution in [0.5, 0.6) is 0 Å². The van der Waals surface area contributed by atoms with Crippen molar-refractivity contribution in [2.24, 2.45) is 11.1 Å². The fourth-order valence-electron chi connectivity index (χ4n) is 1.83. The molecule has 0 atom stereocenters. The monoisotopic (exact) mass is 273 g/mol. The number of carbonyl (C=O) groups excluding carboxylic acids is 2. The van der Waals surface area contributed by atoms with Gasteiger partial charge in [0.25, 0.3) is 0 Å². The summed E-state index contributed by atoms with van der Waals surface area (Å²) in [6.45, 7) is 5.37. The van der Waals surface area contributed by atoms with Crippen LogP contribution in [0, 0.1) is 16.7 Å². The number of hydrogen-bond acceptors (Lipinski definition) is 3. The van der Waals surface area contributed by atoms with E-state index < -0.39 is 11.3 Å². The minimum Gasteiger partial charge on any atom is -0.368 e. The normalized spacial score (nSPS) is 10.7. The fraction of sp³-hybridized carbons (Fsp3) is 0.400. The number of carbonyl (C=O) groups is 2. The Morgan fingerprint density at radius 1 is 1.30 bits per heavy atom. The maximum absolute atomic E-state index is 12.3. The molecule has 2 amide bonds. The summed E-state index contributed by atoms with van der Waals surface area (Å²) in [5.41, 5.74) is 5.78. The molecule has 0 aliphatic heterocycles. The molecule has 0 spiro atoms. The number of amides is 2. The Morgan fingerprint density at radius 3 is 2.40 bits per heavy atom. The average Bonchev–Trinajstić information content (AvgIpc) is 2.36. The minimum atomic E-state index is -0.614. The Labute approximate surface area is 119 Å². The van der Waals surface area contributed by atoms with Crippen LogP contribution in [0.4, 0.5) is 0 Å². The smallest absolute Gasteiger partial charge is 0.237 e. The highest BCUT2D eigenvalue weighted by atomic mass is 16.2. The van der Waals surface area contributed by atoms with Gasteiger partial charge in [-0.3, -0.25) is 9.59 Å². The van der Waals surface area contributed by atoms with E-state index in [1.165, 1.54) is 4.90 Å². The van der Waals surface area contributed by atoms with Crippen LogP contribution in [0.15, 0.2) is 24.3 Å². The molecular weight excluding hydrogens is 254 g/mol. The molecule has 1 rings (SSSR count). The SMILES string of the molecule is CC(C)(C)C(=O)N(CC(N)=O)Cc1ccccc1C#N. The molecule has 5 heteroatoms. The van der Waals surface area contributed by atoms with Crippen LogP contribution in [0.1, 0.15) is 31.9 Å². The molecule has 2 N–H and O–H groups in total. The molecule has 1 aromatic rings. The number of hydrogen-bond donors (Lipinski definition) is 1. The van der Waals surface area contributed by atoms with Crippen molar-refractivity contribution in [1.29, 1.82) is 5.26 Å². The molecule has 0 unspecified atom stereocenters. The molecule has 5 nitrogen and oxygen atoms in total. The number of nitriles is 1. The van der Waals surface area contributed by atoms with Crippen molar-refractivity contribution in [1.82, 2.24) is 4.90 Å². The first-order valence-corrected chi connectivity index (χ1v) is 6.31. The lowest BCUT2D eigenvalue weighted by molar-refractivity contribution is -0.142. The molecule has 106 valence electrons. The van der Waals surface area contributed by atoms with Crippen LogP contribution in [-0.4, -0.2) is 23.3 Å². The topological polar surface area (TPSA) is 87.2 Å². The predicted octanol–water partition coefficient (Wildman–Crippen LogP) is 1.42. The molecule has 0 radical (unpaired) electrons. The lowest BCUT2D eigenvalue weighted by atomic mass is 9.94. The van der Waals surface area contributed by atoms with Gasteiger partial charge in [0.2, 0.25) is 11.8 Å². The summed E-state index contributed by atoms with van der Waals surface area (Å²) in [6, 6.07) is 9.07. The van der Waals surface area contributed by atoms with Crippen LogP contribution in [0.2, 0.25) is 0 Å². The van der Waals surface area contributed by atoms with Gasteiger partial charge in [0.05, 0.1) is 18.2 Å². The van der Waals surface area contributed by atoms with E-state index in [1.807, 2.05) is 0 Å². The van der Waals surface area contributed by atoms with Gasteiger partial charge in [-0.15, -0.1) is 0 Å². The summed E-state index contributed by atoms with van der Waals surface area (Å²) >= 11 is 0. The van der Waals surface area contributed by atoms with E-state index in [9.17, 15) is 9.59 Å². The molecule has 1 aromatic carbocycles. The zero-order valence-electron chi connectivity index (χ0n) is 12.0. The third kappa shape index (κ3) is 4.09. The summed E-state index contributed by atoms with van der Waals surface area (Å²) in [4.78, 5) is 24.9. The molecule has 0 saturated carbocycles. The number of benzene rings is 1. The Morgan fingerprint density at radius 2 is 1.90 bits per heavy atom. The highest BCUT2D eigenvalue weighted by molar-refractivity contribution is 5.86. The second-order valence-corrected chi connectivity index (χ2v) is 5.65. The number of primary amides is 1. The van der Waals surface area contributed by atoms with Crippen molar-refractivity contribution >= 4 is 11.8 Å². The minimum absolute atomic E-state index is 0.157. The third-order valence-corrected chi connectivity index (χ3v) is 2.77. The highest BCUT2D eigenvalue weighted by Gasteiger charge is 2.28. The highest BCUT2D eigenvalue weighted by Crippen LogP contribution is 2.20. The first-order chi connectivity index (χ1) is 9.25. The van der Waals surface area contributed by atoms with Crippen molar-refractivity contribution in [2.75, 3.05) is 6.54 Å². The van der Waals surface area contributed by atoms with E-state index in [-0.39, 0.29) is 19.0 Å². The van der Waals surface area contributed by atoms with E-state index in [2.05, 4.69) is 6.07 Å². The maximum atomic E-state index is 12.3. The third-order valence-electron chi connectivity index (χ3n) is 2.77. The molecule has 0 aromatic heterocycles. The standard InChI is InChI=1S/C15H19N3O2/c1-15(2,3)14(20)18(10-13(17)19)9-12-7-5-4-6-11(12)8-16/h4-7H,9-10H2,1-3H3,(H2,17,19). The number of nitrogens with two attached hydrogens (primary N) is 1. The summed E-state index contributed by atoms with van der Waals surface area (Å²) in [5.74, 6) is -0.749. The second kappa shape index (κ2) is 6.20. The molecule has 0 bridgehead atoms. The van der Waals surface area contributed by atoms with Crippen LogP contribution in [-0.2, 0) is 16.1 Å². The van der Waals surface area contributed by atoms with E-state index in [0.717, 1.165) is 0 Å². The lowest BCUT2D eigenvalue weighted by Gasteiger charge is -2.28. The van der Waals surface area contributed by atoms with Crippen molar-refractivity contribution in [3.05, 3.63) is 35.4 Å². The Bertz CT molecular complexity index is 553. The van der Waals surface area contributed by atoms with E-state index in [4.69, 9.17) is 11.0 Å². The van der Waals surface area contributed by atoms with Crippen LogP contribution in [0.3, 0.4) is 0 Å². The summed E-state index contributed by atoms with van der Waals surface area (Å²) < 4.78 is 0. The lowest BCUT2D eigenvalue weighted by Crippen LogP contribution is -2.43. The predicted molar refractivity (Wildman–Crippen MR) is 75.2 cm³/mol. The molecule has 0 saturated heterocycles. The van der Waals surface area contributed by atoms with Crippen molar-refractivity contribution in [3.63, 3.8) is 0 Å². The number of rotatable bonds is 4. The Hall–Kier alpha value is -2.35. The van der Waals surface area contributed by atoms with Gasteiger partial charge in [-0.05, 0) is 11.6 Å². The summed E-state index contributed by atoms with van der Waals surface area (Å²) in [7, 11) is 0. The first-order valence-electron chi connectivity index (χ1n) is 6.31. The molecule has 0 aliphatic carbocycles. The van der Waals surface area contributed by atoms with Crippen molar-refractivity contribution in [2.45, 2.75) is 27.3 Å². The van der Waals surface area contributed by atoms with Gasteiger partial charge in [0.1, 0.15) is 0 Å². The largest absolute Gasteiger partial charge is 0.368 e. The molecule has 0 aliphatic rings. The van der Waals surface area contributed by atoms with Crippen LogP contribution in [0.25, 0.3) is 0 Å². The molecule has 20 heavy (non-hydrogen) atoms. The average molecular weight is 273 g/mol.